The molecule has 1 aromatic carbocycles. The zero-order valence-electron chi connectivity index (χ0n) is 11.9. The van der Waals surface area contributed by atoms with Crippen LogP contribution in [0, 0.1) is 11.7 Å². The van der Waals surface area contributed by atoms with Crippen LogP contribution in [0.2, 0.25) is 0 Å². The molecule has 0 radical (unpaired) electrons. The van der Waals surface area contributed by atoms with Crippen LogP contribution in [0.5, 0.6) is 0 Å². The minimum absolute atomic E-state index is 0.119. The highest BCUT2D eigenvalue weighted by Gasteiger charge is 2.45. The molecular weight excluding hydrogens is 255 g/mol. The lowest BCUT2D eigenvalue weighted by molar-refractivity contribution is -0.134. The Labute approximate surface area is 119 Å². The van der Waals surface area contributed by atoms with Crippen molar-refractivity contribution < 1.29 is 9.18 Å². The molecule has 0 aromatic heterocycles. The van der Waals surface area contributed by atoms with Gasteiger partial charge in [0.15, 0.2) is 0 Å². The molecule has 2 aliphatic rings. The third-order valence-corrected chi connectivity index (χ3v) is 4.54. The number of carbonyl (C=O) groups is 1. The summed E-state index contributed by atoms with van der Waals surface area (Å²) in [6, 6.07) is 6.58. The van der Waals surface area contributed by atoms with Gasteiger partial charge in [0.2, 0.25) is 5.91 Å². The summed E-state index contributed by atoms with van der Waals surface area (Å²) in [5.74, 6) is 0.490. The molecule has 1 amide bonds. The highest BCUT2D eigenvalue weighted by atomic mass is 19.1. The molecule has 2 atom stereocenters. The van der Waals surface area contributed by atoms with Gasteiger partial charge in [-0.2, -0.15) is 0 Å². The maximum absolute atomic E-state index is 12.9. The molecule has 20 heavy (non-hydrogen) atoms. The lowest BCUT2D eigenvalue weighted by Crippen LogP contribution is -2.49. The van der Waals surface area contributed by atoms with Crippen molar-refractivity contribution in [3.8, 4) is 0 Å². The van der Waals surface area contributed by atoms with E-state index >= 15 is 0 Å². The number of hydrogen-bond donors (Lipinski definition) is 0. The lowest BCUT2D eigenvalue weighted by atomic mass is 10.1. The predicted octanol–water partition coefficient (Wildman–Crippen LogP) is 2.09. The number of nitrogens with zero attached hydrogens (tertiary/aromatic N) is 2. The van der Waals surface area contributed by atoms with Crippen LogP contribution in [-0.2, 0) is 4.79 Å². The maximum Gasteiger partial charge on any atom is 0.226 e. The Kier molecular flexibility index (Phi) is 3.74. The van der Waals surface area contributed by atoms with E-state index in [9.17, 15) is 9.18 Å². The first-order chi connectivity index (χ1) is 9.69. The monoisotopic (exact) mass is 276 g/mol. The Balaban J connectivity index is 1.56. The second-order valence-electron chi connectivity index (χ2n) is 5.76. The van der Waals surface area contributed by atoms with E-state index in [1.807, 2.05) is 17.0 Å². The molecule has 2 fully saturated rings. The van der Waals surface area contributed by atoms with Gasteiger partial charge in [0.25, 0.3) is 0 Å². The number of halogens is 1. The zero-order valence-corrected chi connectivity index (χ0v) is 11.9. The molecule has 0 N–H and O–H groups in total. The highest BCUT2D eigenvalue weighted by molar-refractivity contribution is 5.83. The summed E-state index contributed by atoms with van der Waals surface area (Å²) in [6.07, 6.45) is 0.915. The summed E-state index contributed by atoms with van der Waals surface area (Å²) in [5, 5.41) is 0. The molecule has 1 saturated heterocycles. The summed E-state index contributed by atoms with van der Waals surface area (Å²) in [4.78, 5) is 16.8. The van der Waals surface area contributed by atoms with Gasteiger partial charge in [-0.25, -0.2) is 4.39 Å². The molecule has 1 aliphatic heterocycles. The van der Waals surface area contributed by atoms with Gasteiger partial charge in [0.1, 0.15) is 5.82 Å². The van der Waals surface area contributed by atoms with E-state index in [1.54, 1.807) is 0 Å². The van der Waals surface area contributed by atoms with Crippen LogP contribution >= 0.6 is 0 Å². The predicted molar refractivity (Wildman–Crippen MR) is 75.9 cm³/mol. The van der Waals surface area contributed by atoms with E-state index in [4.69, 9.17) is 0 Å². The van der Waals surface area contributed by atoms with E-state index in [2.05, 4.69) is 11.8 Å². The van der Waals surface area contributed by atoms with Gasteiger partial charge in [-0.05, 0) is 36.6 Å². The van der Waals surface area contributed by atoms with Gasteiger partial charge in [-0.3, -0.25) is 4.79 Å². The molecule has 1 aromatic rings. The van der Waals surface area contributed by atoms with Crippen LogP contribution in [0.15, 0.2) is 24.3 Å². The van der Waals surface area contributed by atoms with Crippen molar-refractivity contribution in [1.82, 2.24) is 9.80 Å². The summed E-state index contributed by atoms with van der Waals surface area (Å²) in [7, 11) is 0. The third-order valence-electron chi connectivity index (χ3n) is 4.54. The zero-order chi connectivity index (χ0) is 14.1. The lowest BCUT2D eigenvalue weighted by Gasteiger charge is -2.34. The molecule has 1 aliphatic carbocycles. The standard InChI is InChI=1S/C16H21FN2O/c1-2-18-7-9-19(10-8-18)16(20)15-11-14(15)12-3-5-13(17)6-4-12/h3-6,14-15H,2,7-11H2,1H3. The Hall–Kier alpha value is -1.42. The van der Waals surface area contributed by atoms with Crippen LogP contribution in [0.4, 0.5) is 4.39 Å². The minimum atomic E-state index is -0.215. The van der Waals surface area contributed by atoms with E-state index in [0.717, 1.165) is 44.7 Å². The van der Waals surface area contributed by atoms with Gasteiger partial charge in [-0.1, -0.05) is 19.1 Å². The fraction of sp³-hybridized carbons (Fsp3) is 0.562. The van der Waals surface area contributed by atoms with E-state index in [-0.39, 0.29) is 17.6 Å². The molecule has 3 nitrogen and oxygen atoms in total. The minimum Gasteiger partial charge on any atom is -0.340 e. The number of likely N-dealkylation sites (N-methyl/N-ethyl adjacent to an activating group) is 1. The van der Waals surface area contributed by atoms with Gasteiger partial charge in [0, 0.05) is 32.1 Å². The van der Waals surface area contributed by atoms with E-state index < -0.39 is 0 Å². The largest absolute Gasteiger partial charge is 0.340 e. The van der Waals surface area contributed by atoms with E-state index in [1.165, 1.54) is 12.1 Å². The van der Waals surface area contributed by atoms with Crippen LogP contribution < -0.4 is 0 Å². The van der Waals surface area contributed by atoms with Crippen molar-refractivity contribution in [2.75, 3.05) is 32.7 Å². The average molecular weight is 276 g/mol. The number of piperazine rings is 1. The SMILES string of the molecule is CCN1CCN(C(=O)C2CC2c2ccc(F)cc2)CC1. The van der Waals surface area contributed by atoms with Crippen LogP contribution in [0.3, 0.4) is 0 Å². The fourth-order valence-electron chi connectivity index (χ4n) is 3.07. The van der Waals surface area contributed by atoms with Gasteiger partial charge >= 0.3 is 0 Å². The maximum atomic E-state index is 12.9. The molecule has 2 unspecified atom stereocenters. The molecule has 1 saturated carbocycles. The molecule has 1 heterocycles. The Morgan fingerprint density at radius 1 is 1.20 bits per heavy atom. The molecule has 108 valence electrons. The smallest absolute Gasteiger partial charge is 0.226 e. The second kappa shape index (κ2) is 5.52. The van der Waals surface area contributed by atoms with Gasteiger partial charge < -0.3 is 9.80 Å². The topological polar surface area (TPSA) is 23.6 Å². The van der Waals surface area contributed by atoms with Gasteiger partial charge in [0.05, 0.1) is 0 Å². The highest BCUT2D eigenvalue weighted by Crippen LogP contribution is 2.48. The Morgan fingerprint density at radius 2 is 1.85 bits per heavy atom. The van der Waals surface area contributed by atoms with Crippen LogP contribution in [0.1, 0.15) is 24.8 Å². The van der Waals surface area contributed by atoms with Crippen molar-refractivity contribution >= 4 is 5.91 Å². The molecule has 0 spiro atoms. The van der Waals surface area contributed by atoms with Crippen molar-refractivity contribution in [2.45, 2.75) is 19.3 Å². The van der Waals surface area contributed by atoms with Crippen molar-refractivity contribution in [2.24, 2.45) is 5.92 Å². The first-order valence-corrected chi connectivity index (χ1v) is 7.45. The van der Waals surface area contributed by atoms with Crippen molar-refractivity contribution in [3.63, 3.8) is 0 Å². The summed E-state index contributed by atoms with van der Waals surface area (Å²) in [6.45, 7) is 6.87. The molecular formula is C16H21FN2O. The molecule has 0 bridgehead atoms. The van der Waals surface area contributed by atoms with Crippen molar-refractivity contribution in [1.29, 1.82) is 0 Å². The fourth-order valence-corrected chi connectivity index (χ4v) is 3.07. The average Bonchev–Trinajstić information content (AvgIpc) is 3.28. The van der Waals surface area contributed by atoms with E-state index in [0.29, 0.717) is 5.92 Å². The summed E-state index contributed by atoms with van der Waals surface area (Å²) < 4.78 is 12.9. The molecule has 3 rings (SSSR count). The number of rotatable bonds is 3. The number of amides is 1. The summed E-state index contributed by atoms with van der Waals surface area (Å²) in [5.41, 5.74) is 1.09. The normalized spacial score (nSPS) is 26.6. The Bertz CT molecular complexity index is 480. The first kappa shape index (κ1) is 13.6. The quantitative estimate of drug-likeness (QED) is 0.844. The second-order valence-corrected chi connectivity index (χ2v) is 5.76. The molecule has 4 heteroatoms. The third kappa shape index (κ3) is 2.70. The number of hydrogen-bond acceptors (Lipinski definition) is 2. The number of carbonyl (C=O) groups excluding carboxylic acids is 1. The van der Waals surface area contributed by atoms with Gasteiger partial charge in [-0.15, -0.1) is 0 Å². The first-order valence-electron chi connectivity index (χ1n) is 7.45. The number of benzene rings is 1. The Morgan fingerprint density at radius 3 is 2.45 bits per heavy atom. The van der Waals surface area contributed by atoms with Crippen LogP contribution in [-0.4, -0.2) is 48.4 Å². The van der Waals surface area contributed by atoms with Crippen molar-refractivity contribution in [3.05, 3.63) is 35.6 Å². The van der Waals surface area contributed by atoms with Crippen LogP contribution in [0.25, 0.3) is 0 Å². The summed E-state index contributed by atoms with van der Waals surface area (Å²) >= 11 is 0.